The largest absolute Gasteiger partial charge is 0.379 e. The minimum atomic E-state index is -0.319. The van der Waals surface area contributed by atoms with E-state index in [1.807, 2.05) is 24.3 Å². The van der Waals surface area contributed by atoms with Crippen LogP contribution in [-0.4, -0.2) is 48.9 Å². The summed E-state index contributed by atoms with van der Waals surface area (Å²) in [5, 5.41) is 10.0. The molecule has 134 valence electrons. The Balaban J connectivity index is 1.64. The summed E-state index contributed by atoms with van der Waals surface area (Å²) in [6, 6.07) is 9.10. The fraction of sp³-hybridized carbons (Fsp3) is 0.412. The molecule has 3 rings (SSSR count). The van der Waals surface area contributed by atoms with Gasteiger partial charge in [-0.1, -0.05) is 28.9 Å². The van der Waals surface area contributed by atoms with Gasteiger partial charge in [-0.15, -0.1) is 0 Å². The quantitative estimate of drug-likeness (QED) is 0.852. The molecule has 0 spiro atoms. The number of nitrogens with one attached hydrogen (secondary N) is 2. The number of benzene rings is 1. The van der Waals surface area contributed by atoms with Gasteiger partial charge in [0.05, 0.1) is 19.3 Å². The lowest BCUT2D eigenvalue weighted by Crippen LogP contribution is -2.44. The average Bonchev–Trinajstić information content (AvgIpc) is 3.02. The van der Waals surface area contributed by atoms with Crippen LogP contribution in [0.4, 0.5) is 10.6 Å². The first-order valence-electron chi connectivity index (χ1n) is 8.17. The molecule has 0 aliphatic carbocycles. The van der Waals surface area contributed by atoms with Crippen LogP contribution in [0.3, 0.4) is 0 Å². The standard InChI is InChI=1S/C17H21ClN4O3/c1-12-10-16(21-25-12)20-17(23)19-11-15(22-6-8-24-9-7-22)13-2-4-14(18)5-3-13/h2-5,10,15H,6-9,11H2,1H3,(H2,19,20,21,23). The van der Waals surface area contributed by atoms with E-state index in [9.17, 15) is 4.79 Å². The van der Waals surface area contributed by atoms with Gasteiger partial charge < -0.3 is 14.6 Å². The summed E-state index contributed by atoms with van der Waals surface area (Å²) in [6.07, 6.45) is 0. The summed E-state index contributed by atoms with van der Waals surface area (Å²) in [4.78, 5) is 14.4. The van der Waals surface area contributed by atoms with Gasteiger partial charge in [-0.05, 0) is 24.6 Å². The molecule has 1 aromatic carbocycles. The fourth-order valence-corrected chi connectivity index (χ4v) is 2.93. The first-order chi connectivity index (χ1) is 12.1. The number of carbonyl (C=O) groups excluding carboxylic acids is 1. The molecule has 1 aromatic heterocycles. The number of morpholine rings is 1. The number of aryl methyl sites for hydroxylation is 1. The smallest absolute Gasteiger partial charge is 0.320 e. The molecule has 2 aromatic rings. The first kappa shape index (κ1) is 17.7. The molecule has 8 heteroatoms. The monoisotopic (exact) mass is 364 g/mol. The third kappa shape index (κ3) is 4.94. The SMILES string of the molecule is Cc1cc(NC(=O)NCC(c2ccc(Cl)cc2)N2CCOCC2)no1. The van der Waals surface area contributed by atoms with Crippen LogP contribution in [0.2, 0.25) is 5.02 Å². The lowest BCUT2D eigenvalue weighted by atomic mass is 10.0. The Bertz CT molecular complexity index is 698. The van der Waals surface area contributed by atoms with Crippen molar-refractivity contribution in [2.75, 3.05) is 38.2 Å². The van der Waals surface area contributed by atoms with Gasteiger partial charge in [-0.25, -0.2) is 4.79 Å². The number of aromatic nitrogens is 1. The summed E-state index contributed by atoms with van der Waals surface area (Å²) in [5.41, 5.74) is 1.10. The second kappa shape index (κ2) is 8.33. The molecule has 25 heavy (non-hydrogen) atoms. The van der Waals surface area contributed by atoms with Gasteiger partial charge in [0.1, 0.15) is 5.76 Å². The van der Waals surface area contributed by atoms with E-state index in [4.69, 9.17) is 20.9 Å². The lowest BCUT2D eigenvalue weighted by molar-refractivity contribution is 0.0168. The molecule has 1 aliphatic rings. The highest BCUT2D eigenvalue weighted by atomic mass is 35.5. The molecule has 1 fully saturated rings. The Kier molecular flexibility index (Phi) is 5.91. The topological polar surface area (TPSA) is 79.6 Å². The number of anilines is 1. The molecule has 2 N–H and O–H groups in total. The van der Waals surface area contributed by atoms with E-state index in [0.717, 1.165) is 18.7 Å². The van der Waals surface area contributed by atoms with E-state index in [2.05, 4.69) is 20.7 Å². The lowest BCUT2D eigenvalue weighted by Gasteiger charge is -2.34. The normalized spacial score (nSPS) is 16.4. The second-order valence-electron chi connectivity index (χ2n) is 5.87. The Labute approximate surface area is 151 Å². The molecule has 7 nitrogen and oxygen atoms in total. The number of rotatable bonds is 5. The maximum atomic E-state index is 12.1. The van der Waals surface area contributed by atoms with E-state index in [-0.39, 0.29) is 12.1 Å². The van der Waals surface area contributed by atoms with Gasteiger partial charge in [0, 0.05) is 30.7 Å². The molecule has 1 aliphatic heterocycles. The molecule has 0 bridgehead atoms. The highest BCUT2D eigenvalue weighted by Gasteiger charge is 2.23. The number of ether oxygens (including phenoxy) is 1. The van der Waals surface area contributed by atoms with Gasteiger partial charge in [-0.2, -0.15) is 0 Å². The van der Waals surface area contributed by atoms with Crippen LogP contribution in [0.25, 0.3) is 0 Å². The molecular formula is C17H21ClN4O3. The third-order valence-electron chi connectivity index (χ3n) is 4.07. The van der Waals surface area contributed by atoms with Crippen molar-refractivity contribution in [2.24, 2.45) is 0 Å². The minimum absolute atomic E-state index is 0.0472. The number of nitrogens with zero attached hydrogens (tertiary/aromatic N) is 2. The summed E-state index contributed by atoms with van der Waals surface area (Å²) < 4.78 is 10.4. The van der Waals surface area contributed by atoms with Crippen LogP contribution in [0.1, 0.15) is 17.4 Å². The van der Waals surface area contributed by atoms with Gasteiger partial charge in [0.25, 0.3) is 0 Å². The Morgan fingerprint density at radius 1 is 1.32 bits per heavy atom. The minimum Gasteiger partial charge on any atom is -0.379 e. The van der Waals surface area contributed by atoms with Crippen LogP contribution in [0.5, 0.6) is 0 Å². The maximum absolute atomic E-state index is 12.1. The zero-order valence-electron chi connectivity index (χ0n) is 14.0. The summed E-state index contributed by atoms with van der Waals surface area (Å²) in [5.74, 6) is 1.03. The van der Waals surface area contributed by atoms with Crippen LogP contribution >= 0.6 is 11.6 Å². The number of urea groups is 1. The van der Waals surface area contributed by atoms with Crippen molar-refractivity contribution in [3.8, 4) is 0 Å². The Morgan fingerprint density at radius 2 is 2.04 bits per heavy atom. The van der Waals surface area contributed by atoms with Crippen molar-refractivity contribution in [3.63, 3.8) is 0 Å². The molecule has 2 amide bonds. The summed E-state index contributed by atoms with van der Waals surface area (Å²) in [7, 11) is 0. The van der Waals surface area contributed by atoms with Crippen molar-refractivity contribution in [1.82, 2.24) is 15.4 Å². The number of hydrogen-bond donors (Lipinski definition) is 2. The van der Waals surface area contributed by atoms with E-state index in [1.165, 1.54) is 0 Å². The van der Waals surface area contributed by atoms with Crippen LogP contribution in [0.15, 0.2) is 34.9 Å². The Hall–Kier alpha value is -2.09. The number of amides is 2. The predicted molar refractivity (Wildman–Crippen MR) is 94.8 cm³/mol. The van der Waals surface area contributed by atoms with Crippen molar-refractivity contribution >= 4 is 23.4 Å². The van der Waals surface area contributed by atoms with Crippen molar-refractivity contribution in [3.05, 3.63) is 46.7 Å². The highest BCUT2D eigenvalue weighted by molar-refractivity contribution is 6.30. The van der Waals surface area contributed by atoms with Gasteiger partial charge in [0.15, 0.2) is 5.82 Å². The fourth-order valence-electron chi connectivity index (χ4n) is 2.81. The maximum Gasteiger partial charge on any atom is 0.320 e. The van der Waals surface area contributed by atoms with Gasteiger partial charge in [0.2, 0.25) is 0 Å². The van der Waals surface area contributed by atoms with Gasteiger partial charge >= 0.3 is 6.03 Å². The van der Waals surface area contributed by atoms with Crippen molar-refractivity contribution in [2.45, 2.75) is 13.0 Å². The number of hydrogen-bond acceptors (Lipinski definition) is 5. The summed E-state index contributed by atoms with van der Waals surface area (Å²) >= 11 is 5.99. The van der Waals surface area contributed by atoms with E-state index in [0.29, 0.717) is 36.4 Å². The zero-order chi connectivity index (χ0) is 17.6. The number of halogens is 1. The van der Waals surface area contributed by atoms with Crippen LogP contribution in [0, 0.1) is 6.92 Å². The molecule has 2 heterocycles. The van der Waals surface area contributed by atoms with E-state index in [1.54, 1.807) is 13.0 Å². The summed E-state index contributed by atoms with van der Waals surface area (Å²) in [6.45, 7) is 5.25. The molecule has 1 saturated heterocycles. The molecule has 0 saturated carbocycles. The van der Waals surface area contributed by atoms with E-state index < -0.39 is 0 Å². The first-order valence-corrected chi connectivity index (χ1v) is 8.55. The predicted octanol–water partition coefficient (Wildman–Crippen LogP) is 2.83. The van der Waals surface area contributed by atoms with E-state index >= 15 is 0 Å². The van der Waals surface area contributed by atoms with Crippen molar-refractivity contribution < 1.29 is 14.1 Å². The third-order valence-corrected chi connectivity index (χ3v) is 4.32. The van der Waals surface area contributed by atoms with Crippen LogP contribution < -0.4 is 10.6 Å². The Morgan fingerprint density at radius 3 is 2.68 bits per heavy atom. The van der Waals surface area contributed by atoms with Gasteiger partial charge in [-0.3, -0.25) is 10.2 Å². The van der Waals surface area contributed by atoms with Crippen LogP contribution in [-0.2, 0) is 4.74 Å². The zero-order valence-corrected chi connectivity index (χ0v) is 14.8. The van der Waals surface area contributed by atoms with Crippen molar-refractivity contribution in [1.29, 1.82) is 0 Å². The molecular weight excluding hydrogens is 344 g/mol. The molecule has 0 radical (unpaired) electrons. The average molecular weight is 365 g/mol. The second-order valence-corrected chi connectivity index (χ2v) is 6.31. The number of carbonyl (C=O) groups is 1. The highest BCUT2D eigenvalue weighted by Crippen LogP contribution is 2.23. The molecule has 1 atom stereocenters. The molecule has 1 unspecified atom stereocenters.